The second kappa shape index (κ2) is 7.14. The second-order valence-electron chi connectivity index (χ2n) is 5.68. The van der Waals surface area contributed by atoms with Crippen LogP contribution in [0.4, 0.5) is 10.2 Å². The van der Waals surface area contributed by atoms with E-state index in [1.165, 1.54) is 0 Å². The van der Waals surface area contributed by atoms with Crippen LogP contribution in [-0.2, 0) is 13.0 Å². The predicted molar refractivity (Wildman–Crippen MR) is 106 cm³/mol. The fourth-order valence-corrected chi connectivity index (χ4v) is 3.89. The number of aromatic nitrogens is 4. The summed E-state index contributed by atoms with van der Waals surface area (Å²) in [4.78, 5) is 12.0. The third kappa shape index (κ3) is 3.20. The lowest BCUT2D eigenvalue weighted by Crippen LogP contribution is -2.16. The first-order valence-electron chi connectivity index (χ1n) is 7.89. The number of nitrogen functional groups attached to an aromatic ring is 1. The van der Waals surface area contributed by atoms with Gasteiger partial charge in [-0.05, 0) is 40.3 Å². The van der Waals surface area contributed by atoms with Gasteiger partial charge in [-0.25, -0.2) is 4.98 Å². The van der Waals surface area contributed by atoms with E-state index in [4.69, 9.17) is 15.2 Å². The van der Waals surface area contributed by atoms with Gasteiger partial charge in [-0.2, -0.15) is 14.4 Å². The van der Waals surface area contributed by atoms with Crippen molar-refractivity contribution in [1.29, 1.82) is 0 Å². The summed E-state index contributed by atoms with van der Waals surface area (Å²) < 4.78 is 27.8. The minimum absolute atomic E-state index is 0.0407. The summed E-state index contributed by atoms with van der Waals surface area (Å²) in [5.74, 6) is 2.25. The first-order valence-corrected chi connectivity index (χ1v) is 10.1. The van der Waals surface area contributed by atoms with Gasteiger partial charge in [0.15, 0.2) is 28.5 Å². The maximum Gasteiger partial charge on any atom is 0.312 e. The Bertz CT molecular complexity index is 997. The van der Waals surface area contributed by atoms with E-state index in [1.54, 1.807) is 0 Å². The zero-order chi connectivity index (χ0) is 18.3. The van der Waals surface area contributed by atoms with E-state index >= 15 is 0 Å². The van der Waals surface area contributed by atoms with Crippen LogP contribution in [0.2, 0.25) is 0 Å². The van der Waals surface area contributed by atoms with Gasteiger partial charge in [0.05, 0.1) is 0 Å². The van der Waals surface area contributed by atoms with Gasteiger partial charge >= 0.3 is 6.08 Å². The molecule has 0 radical (unpaired) electrons. The molecule has 2 aromatic heterocycles. The van der Waals surface area contributed by atoms with Crippen molar-refractivity contribution in [2.24, 2.45) is 0 Å². The average molecular weight is 534 g/mol. The Morgan fingerprint density at radius 2 is 1.92 bits per heavy atom. The quantitative estimate of drug-likeness (QED) is 0.315. The Balaban J connectivity index is 1.80. The third-order valence-electron chi connectivity index (χ3n) is 4.04. The smallest absolute Gasteiger partial charge is 0.312 e. The van der Waals surface area contributed by atoms with Crippen LogP contribution in [0.1, 0.15) is 11.4 Å². The van der Waals surface area contributed by atoms with Gasteiger partial charge < -0.3 is 19.8 Å². The van der Waals surface area contributed by atoms with E-state index in [2.05, 4.69) is 53.5 Å². The zero-order valence-corrected chi connectivity index (χ0v) is 17.3. The van der Waals surface area contributed by atoms with Crippen molar-refractivity contribution in [2.75, 3.05) is 24.3 Å². The molecule has 0 amide bonds. The molecule has 26 heavy (non-hydrogen) atoms. The minimum Gasteiger partial charge on any atom is -0.486 e. The molecular formula is C16H14BrFIN5O2. The van der Waals surface area contributed by atoms with E-state index in [0.29, 0.717) is 42.7 Å². The highest BCUT2D eigenvalue weighted by Crippen LogP contribution is 2.35. The monoisotopic (exact) mass is 533 g/mol. The number of benzene rings is 1. The van der Waals surface area contributed by atoms with Gasteiger partial charge in [0.2, 0.25) is 0 Å². The number of ether oxygens (including phenoxy) is 2. The molecule has 10 heteroatoms. The van der Waals surface area contributed by atoms with Crippen molar-refractivity contribution >= 4 is 55.5 Å². The van der Waals surface area contributed by atoms with Crippen LogP contribution < -0.4 is 15.2 Å². The Morgan fingerprint density at radius 3 is 2.65 bits per heavy atom. The highest BCUT2D eigenvalue weighted by molar-refractivity contribution is 14.1. The summed E-state index contributed by atoms with van der Waals surface area (Å²) in [6, 6.07) is 3.92. The van der Waals surface area contributed by atoms with Crippen molar-refractivity contribution in [3.8, 4) is 11.5 Å². The van der Waals surface area contributed by atoms with Crippen LogP contribution in [0, 0.1) is 9.65 Å². The van der Waals surface area contributed by atoms with Crippen molar-refractivity contribution < 1.29 is 13.9 Å². The largest absolute Gasteiger partial charge is 0.486 e. The predicted octanol–water partition coefficient (Wildman–Crippen LogP) is 2.91. The number of anilines is 1. The van der Waals surface area contributed by atoms with E-state index in [9.17, 15) is 4.39 Å². The SMILES string of the molecule is Nc1nc(F)nc2c1nc(Cc1cc3c(cc1I)OCCO3)n2CCBr. The molecule has 136 valence electrons. The Morgan fingerprint density at radius 1 is 1.19 bits per heavy atom. The minimum atomic E-state index is -0.855. The van der Waals surface area contributed by atoms with Crippen molar-refractivity contribution in [1.82, 2.24) is 19.5 Å². The standard InChI is InChI=1S/C16H14BrFIN5O2/c17-1-2-24-12(21-13-14(20)22-16(18)23-15(13)24)6-8-5-10-11(7-9(8)19)26-4-3-25-10/h5,7H,1-4,6H2,(H2,20,22,23). The van der Waals surface area contributed by atoms with Crippen LogP contribution in [0.15, 0.2) is 12.1 Å². The molecule has 0 fully saturated rings. The fourth-order valence-electron chi connectivity index (χ4n) is 2.91. The number of fused-ring (bicyclic) bond motifs is 2. The van der Waals surface area contributed by atoms with Crippen molar-refractivity contribution in [3.05, 3.63) is 33.2 Å². The molecule has 0 saturated carbocycles. The number of nitrogens with zero attached hydrogens (tertiary/aromatic N) is 4. The lowest BCUT2D eigenvalue weighted by Gasteiger charge is -2.20. The van der Waals surface area contributed by atoms with Gasteiger partial charge in [0.25, 0.3) is 0 Å². The van der Waals surface area contributed by atoms with Crippen molar-refractivity contribution in [2.45, 2.75) is 13.0 Å². The molecule has 0 atom stereocenters. The number of hydrogen-bond donors (Lipinski definition) is 1. The Kier molecular flexibility index (Phi) is 4.86. The summed E-state index contributed by atoms with van der Waals surface area (Å²) in [6.45, 7) is 1.66. The molecule has 0 spiro atoms. The highest BCUT2D eigenvalue weighted by atomic mass is 127. The third-order valence-corrected chi connectivity index (χ3v) is 5.40. The number of hydrogen-bond acceptors (Lipinski definition) is 6. The lowest BCUT2D eigenvalue weighted by molar-refractivity contribution is 0.171. The highest BCUT2D eigenvalue weighted by Gasteiger charge is 2.20. The molecule has 4 rings (SSSR count). The fraction of sp³-hybridized carbons (Fsp3) is 0.312. The zero-order valence-electron chi connectivity index (χ0n) is 13.5. The molecule has 7 nitrogen and oxygen atoms in total. The first-order chi connectivity index (χ1) is 12.6. The molecule has 1 aromatic carbocycles. The maximum absolute atomic E-state index is 13.6. The Labute approximate surface area is 170 Å². The van der Waals surface area contributed by atoms with Crippen LogP contribution in [0.25, 0.3) is 11.2 Å². The summed E-state index contributed by atoms with van der Waals surface area (Å²) in [7, 11) is 0. The summed E-state index contributed by atoms with van der Waals surface area (Å²) >= 11 is 5.68. The second-order valence-corrected chi connectivity index (χ2v) is 7.64. The number of imidazole rings is 1. The molecule has 0 bridgehead atoms. The molecule has 0 aliphatic carbocycles. The van der Waals surface area contributed by atoms with E-state index < -0.39 is 6.08 Å². The van der Waals surface area contributed by atoms with E-state index in [1.807, 2.05) is 16.7 Å². The number of nitrogens with two attached hydrogens (primary N) is 1. The summed E-state index contributed by atoms with van der Waals surface area (Å²) in [5, 5.41) is 0.676. The average Bonchev–Trinajstić information content (AvgIpc) is 2.94. The van der Waals surface area contributed by atoms with E-state index in [-0.39, 0.29) is 5.82 Å². The van der Waals surface area contributed by atoms with Crippen LogP contribution in [0.5, 0.6) is 11.5 Å². The molecule has 0 unspecified atom stereocenters. The number of alkyl halides is 1. The van der Waals surface area contributed by atoms with Gasteiger partial charge in [-0.3, -0.25) is 0 Å². The normalized spacial score (nSPS) is 13.3. The van der Waals surface area contributed by atoms with Crippen LogP contribution in [0.3, 0.4) is 0 Å². The molecule has 1 aliphatic rings. The number of halogens is 3. The molecule has 2 N–H and O–H groups in total. The van der Waals surface area contributed by atoms with Gasteiger partial charge in [0.1, 0.15) is 19.0 Å². The lowest BCUT2D eigenvalue weighted by atomic mass is 10.1. The van der Waals surface area contributed by atoms with Crippen LogP contribution in [-0.4, -0.2) is 38.1 Å². The molecule has 0 saturated heterocycles. The molecule has 3 aromatic rings. The van der Waals surface area contributed by atoms with Crippen molar-refractivity contribution in [3.63, 3.8) is 0 Å². The summed E-state index contributed by atoms with van der Waals surface area (Å²) in [6.07, 6.45) is -0.328. The number of aryl methyl sites for hydroxylation is 1. The number of rotatable bonds is 4. The van der Waals surface area contributed by atoms with E-state index in [0.717, 1.165) is 26.5 Å². The van der Waals surface area contributed by atoms with Crippen LogP contribution >= 0.6 is 38.5 Å². The topological polar surface area (TPSA) is 88.1 Å². The maximum atomic E-state index is 13.6. The molecule has 1 aliphatic heterocycles. The van der Waals surface area contributed by atoms with Gasteiger partial charge in [-0.1, -0.05) is 15.9 Å². The molecule has 3 heterocycles. The van der Waals surface area contributed by atoms with Gasteiger partial charge in [0, 0.05) is 21.9 Å². The molecular weight excluding hydrogens is 520 g/mol. The Hall–Kier alpha value is -1.69. The van der Waals surface area contributed by atoms with Gasteiger partial charge in [-0.15, -0.1) is 0 Å². The first kappa shape index (κ1) is 17.7. The summed E-state index contributed by atoms with van der Waals surface area (Å²) in [5.41, 5.74) is 7.68.